The van der Waals surface area contributed by atoms with E-state index in [1.807, 2.05) is 44.4 Å². The number of hydrogen-bond acceptors (Lipinski definition) is 7. The Morgan fingerprint density at radius 1 is 1.35 bits per heavy atom. The maximum Gasteiger partial charge on any atom is 0.224 e. The van der Waals surface area contributed by atoms with Crippen molar-refractivity contribution < 1.29 is 15.4 Å². The molecule has 2 aromatic heterocycles. The zero-order valence-corrected chi connectivity index (χ0v) is 20.7. The summed E-state index contributed by atoms with van der Waals surface area (Å²) < 4.78 is 12.0. The SMILES string of the molecule is CC.CC(=O)N[C@H]1CC2CCC1CN2Cc1coc2cc(OC3Nc4ncccc4S3)ccc12.[HH]. The van der Waals surface area contributed by atoms with E-state index in [9.17, 15) is 4.79 Å². The normalized spacial score (nSPS) is 25.3. The second kappa shape index (κ2) is 9.88. The van der Waals surface area contributed by atoms with E-state index >= 15 is 0 Å². The van der Waals surface area contributed by atoms with Gasteiger partial charge < -0.3 is 19.8 Å². The second-order valence-corrected chi connectivity index (χ2v) is 10.0. The van der Waals surface area contributed by atoms with Gasteiger partial charge in [0.2, 0.25) is 11.5 Å². The number of amides is 1. The van der Waals surface area contributed by atoms with E-state index in [2.05, 4.69) is 26.6 Å². The zero-order chi connectivity index (χ0) is 23.7. The van der Waals surface area contributed by atoms with Crippen LogP contribution in [0.25, 0.3) is 11.0 Å². The van der Waals surface area contributed by atoms with Crippen molar-refractivity contribution in [1.82, 2.24) is 15.2 Å². The van der Waals surface area contributed by atoms with Gasteiger partial charge >= 0.3 is 0 Å². The number of piperidine rings is 2. The van der Waals surface area contributed by atoms with Crippen molar-refractivity contribution in [2.75, 3.05) is 11.9 Å². The third-order valence-corrected chi connectivity index (χ3v) is 7.85. The number of fused-ring (bicyclic) bond motifs is 5. The van der Waals surface area contributed by atoms with Crippen molar-refractivity contribution in [2.45, 2.75) is 69.1 Å². The van der Waals surface area contributed by atoms with Gasteiger partial charge in [0.15, 0.2) is 0 Å². The summed E-state index contributed by atoms with van der Waals surface area (Å²) in [6.07, 6.45) is 7.11. The fourth-order valence-corrected chi connectivity index (χ4v) is 6.29. The molecule has 1 aliphatic carbocycles. The summed E-state index contributed by atoms with van der Waals surface area (Å²) in [7, 11) is 0. The van der Waals surface area contributed by atoms with Gasteiger partial charge in [0.1, 0.15) is 17.2 Å². The molecule has 1 amide bonds. The van der Waals surface area contributed by atoms with Crippen LogP contribution in [0, 0.1) is 5.92 Å². The average molecular weight is 483 g/mol. The maximum absolute atomic E-state index is 11.5. The number of pyridine rings is 1. The number of thioether (sulfide) groups is 1. The molecule has 0 spiro atoms. The lowest BCUT2D eigenvalue weighted by molar-refractivity contribution is -0.121. The molecule has 8 heteroatoms. The van der Waals surface area contributed by atoms with Crippen LogP contribution in [0.3, 0.4) is 0 Å². The molecule has 2 bridgehead atoms. The Hall–Kier alpha value is -2.71. The van der Waals surface area contributed by atoms with Crippen molar-refractivity contribution >= 4 is 34.5 Å². The monoisotopic (exact) mass is 482 g/mol. The number of rotatable bonds is 5. The van der Waals surface area contributed by atoms with Crippen LogP contribution in [0.1, 0.15) is 47.0 Å². The van der Waals surface area contributed by atoms with Crippen molar-refractivity contribution in [3.05, 3.63) is 48.4 Å². The molecule has 3 aromatic rings. The van der Waals surface area contributed by atoms with E-state index in [1.54, 1.807) is 24.9 Å². The molecular weight excluding hydrogens is 448 g/mol. The van der Waals surface area contributed by atoms with Gasteiger partial charge in [-0.15, -0.1) is 0 Å². The van der Waals surface area contributed by atoms with E-state index in [-0.39, 0.29) is 12.9 Å². The molecule has 182 valence electrons. The summed E-state index contributed by atoms with van der Waals surface area (Å²) in [5, 5.41) is 7.58. The Kier molecular flexibility index (Phi) is 6.70. The molecule has 2 N–H and O–H groups in total. The van der Waals surface area contributed by atoms with Crippen LogP contribution in [0.4, 0.5) is 5.82 Å². The van der Waals surface area contributed by atoms with Crippen molar-refractivity contribution in [2.24, 2.45) is 5.92 Å². The van der Waals surface area contributed by atoms with Gasteiger partial charge in [-0.2, -0.15) is 0 Å². The van der Waals surface area contributed by atoms with Crippen LogP contribution in [0.5, 0.6) is 5.75 Å². The molecular formula is C26H34N4O3S. The minimum atomic E-state index is -0.202. The van der Waals surface area contributed by atoms with Gasteiger partial charge in [-0.3, -0.25) is 9.69 Å². The lowest BCUT2D eigenvalue weighted by Gasteiger charge is -2.49. The standard InChI is InChI=1S/C24H26N4O3S.C2H6.H2/c1-14(29)26-20-9-17-5-4-15(20)11-28(17)12-16-13-30-21-10-18(6-7-19(16)21)31-24-27-23-22(32-24)3-2-8-25-23;1-2;/h2-3,6-8,10,13,15,17,20,24H,4-5,9,11-12H2,1H3,(H,25,27)(H,26,29);1-2H3;1H/t15?,17?,20-,24?;;/m0../s1. The van der Waals surface area contributed by atoms with E-state index in [0.29, 0.717) is 18.0 Å². The molecule has 4 aliphatic rings. The highest BCUT2D eigenvalue weighted by molar-refractivity contribution is 8.00. The molecule has 7 nitrogen and oxygen atoms in total. The molecule has 1 saturated carbocycles. The first kappa shape index (κ1) is 23.1. The molecule has 2 saturated heterocycles. The highest BCUT2D eigenvalue weighted by Gasteiger charge is 2.40. The number of benzene rings is 1. The topological polar surface area (TPSA) is 79.6 Å². The molecule has 34 heavy (non-hydrogen) atoms. The number of anilines is 1. The summed E-state index contributed by atoms with van der Waals surface area (Å²) in [5.74, 6) is 2.25. The summed E-state index contributed by atoms with van der Waals surface area (Å²) in [5.41, 5.74) is 1.85. The fraction of sp³-hybridized carbons (Fsp3) is 0.462. The Labute approximate surface area is 206 Å². The zero-order valence-electron chi connectivity index (χ0n) is 19.9. The van der Waals surface area contributed by atoms with E-state index < -0.39 is 0 Å². The van der Waals surface area contributed by atoms with Crippen LogP contribution < -0.4 is 15.4 Å². The Morgan fingerprint density at radius 3 is 3.00 bits per heavy atom. The second-order valence-electron chi connectivity index (χ2n) is 8.94. The van der Waals surface area contributed by atoms with Crippen molar-refractivity contribution in [3.8, 4) is 5.75 Å². The molecule has 3 fully saturated rings. The largest absolute Gasteiger partial charge is 0.464 e. The minimum absolute atomic E-state index is 0. The third-order valence-electron chi connectivity index (χ3n) is 6.84. The predicted octanol–water partition coefficient (Wildman–Crippen LogP) is 5.47. The lowest BCUT2D eigenvalue weighted by atomic mass is 9.76. The molecule has 3 unspecified atom stereocenters. The predicted molar refractivity (Wildman–Crippen MR) is 137 cm³/mol. The van der Waals surface area contributed by atoms with E-state index in [4.69, 9.17) is 9.15 Å². The van der Waals surface area contributed by atoms with Crippen LogP contribution >= 0.6 is 11.8 Å². The number of carbonyl (C=O) groups is 1. The summed E-state index contributed by atoms with van der Waals surface area (Å²) in [6.45, 7) is 7.53. The number of aromatic nitrogens is 1. The Morgan fingerprint density at radius 2 is 2.24 bits per heavy atom. The highest BCUT2D eigenvalue weighted by Crippen LogP contribution is 2.39. The number of carbonyl (C=O) groups excluding carboxylic acids is 1. The van der Waals surface area contributed by atoms with E-state index in [1.165, 1.54) is 18.4 Å². The van der Waals surface area contributed by atoms with E-state index in [0.717, 1.165) is 46.9 Å². The number of furan rings is 1. The summed E-state index contributed by atoms with van der Waals surface area (Å²) in [4.78, 5) is 19.5. The van der Waals surface area contributed by atoms with Crippen LogP contribution in [-0.2, 0) is 11.3 Å². The fourth-order valence-electron chi connectivity index (χ4n) is 5.35. The number of nitrogens with zero attached hydrogens (tertiary/aromatic N) is 2. The Bertz CT molecular complexity index is 1150. The third kappa shape index (κ3) is 4.61. The first-order valence-electron chi connectivity index (χ1n) is 12.2. The van der Waals surface area contributed by atoms with Gasteiger partial charge in [-0.25, -0.2) is 4.98 Å². The average Bonchev–Trinajstić information content (AvgIpc) is 3.44. The first-order chi connectivity index (χ1) is 16.6. The summed E-state index contributed by atoms with van der Waals surface area (Å²) >= 11 is 1.62. The van der Waals surface area contributed by atoms with Gasteiger partial charge in [0.05, 0.1) is 11.2 Å². The van der Waals surface area contributed by atoms with Crippen molar-refractivity contribution in [1.29, 1.82) is 0 Å². The minimum Gasteiger partial charge on any atom is -0.464 e. The van der Waals surface area contributed by atoms with Gasteiger partial charge in [0.25, 0.3) is 0 Å². The molecule has 7 rings (SSSR count). The van der Waals surface area contributed by atoms with Crippen LogP contribution in [-0.4, -0.2) is 40.0 Å². The lowest BCUT2D eigenvalue weighted by Crippen LogP contribution is -2.58. The van der Waals surface area contributed by atoms with Crippen LogP contribution in [0.2, 0.25) is 0 Å². The highest BCUT2D eigenvalue weighted by atomic mass is 32.2. The summed E-state index contributed by atoms with van der Waals surface area (Å²) in [6, 6.07) is 10.9. The molecule has 5 heterocycles. The maximum atomic E-state index is 11.5. The number of nitrogens with one attached hydrogen (secondary N) is 2. The smallest absolute Gasteiger partial charge is 0.224 e. The van der Waals surface area contributed by atoms with Crippen LogP contribution in [0.15, 0.2) is 52.1 Å². The number of hydrogen-bond donors (Lipinski definition) is 2. The molecule has 1 aromatic carbocycles. The molecule has 0 radical (unpaired) electrons. The Balaban J connectivity index is 0.000000940. The molecule has 3 aliphatic heterocycles. The quantitative estimate of drug-likeness (QED) is 0.499. The number of ether oxygens (including phenoxy) is 1. The molecule has 4 atom stereocenters. The van der Waals surface area contributed by atoms with Gasteiger partial charge in [-0.1, -0.05) is 25.6 Å². The van der Waals surface area contributed by atoms with Gasteiger partial charge in [0, 0.05) is 56.7 Å². The first-order valence-corrected chi connectivity index (χ1v) is 13.1. The van der Waals surface area contributed by atoms with Gasteiger partial charge in [-0.05, 0) is 49.4 Å². The van der Waals surface area contributed by atoms with Crippen molar-refractivity contribution in [3.63, 3.8) is 0 Å².